The Morgan fingerprint density at radius 2 is 2.00 bits per heavy atom. The van der Waals surface area contributed by atoms with Crippen LogP contribution in [0.1, 0.15) is 32.3 Å². The molecule has 0 radical (unpaired) electrons. The number of aliphatic hydroxyl groups excluding tert-OH is 1. The minimum Gasteiger partial charge on any atom is -0.487 e. The molecule has 2 N–H and O–H groups in total. The number of carbonyl (C=O) groups is 1. The largest absolute Gasteiger partial charge is 0.487 e. The summed E-state index contributed by atoms with van der Waals surface area (Å²) >= 11 is 0. The summed E-state index contributed by atoms with van der Waals surface area (Å²) in [4.78, 5) is 14.0. The maximum atomic E-state index is 14.0. The van der Waals surface area contributed by atoms with Crippen molar-refractivity contribution in [2.45, 2.75) is 43.7 Å². The first-order valence-corrected chi connectivity index (χ1v) is 13.9. The number of likely N-dealkylation sites (N-methyl/N-ethyl adjacent to an activating group) is 1. The van der Waals surface area contributed by atoms with E-state index in [0.717, 1.165) is 31.0 Å². The van der Waals surface area contributed by atoms with Crippen LogP contribution in [0, 0.1) is 35.3 Å². The van der Waals surface area contributed by atoms with E-state index in [1.807, 2.05) is 0 Å². The van der Waals surface area contributed by atoms with Crippen molar-refractivity contribution in [3.05, 3.63) is 53.6 Å². The number of nitrogens with one attached hydrogen (secondary N) is 1. The molecule has 3 atom stereocenters. The Labute approximate surface area is 221 Å². The molecule has 1 aliphatic carbocycles. The number of halogens is 2. The molecule has 0 spiro atoms. The second-order valence-electron chi connectivity index (χ2n) is 9.88. The van der Waals surface area contributed by atoms with Crippen molar-refractivity contribution in [3.63, 3.8) is 0 Å². The van der Waals surface area contributed by atoms with E-state index < -0.39 is 45.8 Å². The molecule has 8 nitrogen and oxygen atoms in total. The second kappa shape index (κ2) is 11.3. The molecule has 1 fully saturated rings. The number of sulfonamides is 1. The quantitative estimate of drug-likeness (QED) is 0.557. The Kier molecular flexibility index (Phi) is 8.25. The van der Waals surface area contributed by atoms with E-state index in [9.17, 15) is 27.1 Å². The van der Waals surface area contributed by atoms with Crippen LogP contribution in [0.2, 0.25) is 0 Å². The van der Waals surface area contributed by atoms with Crippen molar-refractivity contribution in [2.24, 2.45) is 11.8 Å². The van der Waals surface area contributed by atoms with Crippen LogP contribution in [0.3, 0.4) is 0 Å². The van der Waals surface area contributed by atoms with Crippen molar-refractivity contribution in [1.29, 1.82) is 0 Å². The predicted octanol–water partition coefficient (Wildman–Crippen LogP) is 3.66. The lowest BCUT2D eigenvalue weighted by Crippen LogP contribution is -2.50. The lowest BCUT2D eigenvalue weighted by Gasteiger charge is -2.37. The van der Waals surface area contributed by atoms with Crippen LogP contribution in [0.25, 0.3) is 0 Å². The van der Waals surface area contributed by atoms with Crippen LogP contribution < -0.4 is 10.1 Å². The van der Waals surface area contributed by atoms with Crippen LogP contribution in [0.5, 0.6) is 5.75 Å². The molecule has 2 aliphatic rings. The van der Waals surface area contributed by atoms with Gasteiger partial charge in [0.25, 0.3) is 0 Å². The highest BCUT2D eigenvalue weighted by atomic mass is 32.2. The Morgan fingerprint density at radius 3 is 2.68 bits per heavy atom. The zero-order valence-corrected chi connectivity index (χ0v) is 22.3. The predicted molar refractivity (Wildman–Crippen MR) is 138 cm³/mol. The molecule has 11 heteroatoms. The van der Waals surface area contributed by atoms with Gasteiger partial charge >= 0.3 is 6.03 Å². The van der Waals surface area contributed by atoms with Gasteiger partial charge in [-0.15, -0.1) is 0 Å². The third-order valence-corrected chi connectivity index (χ3v) is 8.66. The minimum atomic E-state index is -4.01. The summed E-state index contributed by atoms with van der Waals surface area (Å²) in [5.74, 6) is 4.78. The van der Waals surface area contributed by atoms with Crippen molar-refractivity contribution in [2.75, 3.05) is 32.1 Å². The Bertz CT molecular complexity index is 1370. The number of anilines is 1. The SMILES string of the molecule is C[C@@H]1CN([C@H](C)CO)S(=O)(=O)c2ccc(C#CC3CC3)cc2O[C@H]1CN(C)C(=O)Nc1cc(F)ccc1F. The molecule has 0 bridgehead atoms. The van der Waals surface area contributed by atoms with Gasteiger partial charge in [0.15, 0.2) is 0 Å². The Morgan fingerprint density at radius 1 is 1.26 bits per heavy atom. The summed E-state index contributed by atoms with van der Waals surface area (Å²) in [5.41, 5.74) is 0.305. The van der Waals surface area contributed by atoms with Crippen LogP contribution in [-0.4, -0.2) is 67.7 Å². The fourth-order valence-electron chi connectivity index (χ4n) is 4.09. The number of ether oxygens (including phenoxy) is 1. The number of aliphatic hydroxyl groups is 1. The lowest BCUT2D eigenvalue weighted by molar-refractivity contribution is 0.0830. The average Bonchev–Trinajstić information content (AvgIpc) is 3.71. The molecule has 38 heavy (non-hydrogen) atoms. The number of hydrogen-bond acceptors (Lipinski definition) is 5. The number of fused-ring (bicyclic) bond motifs is 1. The molecule has 2 amide bonds. The van der Waals surface area contributed by atoms with Gasteiger partial charge in [-0.05, 0) is 50.1 Å². The molecule has 2 aromatic rings. The standard InChI is InChI=1S/C27H31F2N3O5S/c1-17-14-32(18(2)16-33)38(35,36)26-11-8-20(7-6-19-4-5-19)12-24(26)37-25(17)15-31(3)27(34)30-23-13-21(28)9-10-22(23)29/h8-13,17-19,25,33H,4-5,14-16H2,1-3H3,(H,30,34)/t17-,18-,25+/m1/s1. The van der Waals surface area contributed by atoms with E-state index in [1.165, 1.54) is 22.3 Å². The Balaban J connectivity index is 1.64. The monoisotopic (exact) mass is 547 g/mol. The molecular formula is C27H31F2N3O5S. The van der Waals surface area contributed by atoms with Gasteiger partial charge in [0, 0.05) is 43.1 Å². The summed E-state index contributed by atoms with van der Waals surface area (Å²) < 4.78 is 62.2. The van der Waals surface area contributed by atoms with Crippen molar-refractivity contribution >= 4 is 21.7 Å². The molecule has 1 heterocycles. The van der Waals surface area contributed by atoms with Crippen molar-refractivity contribution in [3.8, 4) is 17.6 Å². The third-order valence-electron chi connectivity index (χ3n) is 6.64. The summed E-state index contributed by atoms with van der Waals surface area (Å²) in [7, 11) is -2.53. The number of rotatable bonds is 5. The molecule has 4 rings (SSSR count). The summed E-state index contributed by atoms with van der Waals surface area (Å²) in [6, 6.07) is 6.03. The van der Waals surface area contributed by atoms with E-state index in [2.05, 4.69) is 17.2 Å². The van der Waals surface area contributed by atoms with Gasteiger partial charge in [0.1, 0.15) is 28.4 Å². The van der Waals surface area contributed by atoms with Crippen molar-refractivity contribution in [1.82, 2.24) is 9.21 Å². The first-order chi connectivity index (χ1) is 18.0. The number of benzene rings is 2. The van der Waals surface area contributed by atoms with E-state index in [1.54, 1.807) is 26.0 Å². The van der Waals surface area contributed by atoms with Gasteiger partial charge in [0.2, 0.25) is 10.0 Å². The second-order valence-corrected chi connectivity index (χ2v) is 11.7. The first kappa shape index (κ1) is 27.8. The highest BCUT2D eigenvalue weighted by Crippen LogP contribution is 2.34. The maximum absolute atomic E-state index is 14.0. The number of hydrogen-bond donors (Lipinski definition) is 2. The fourth-order valence-corrected chi connectivity index (χ4v) is 5.92. The molecule has 0 unspecified atom stereocenters. The van der Waals surface area contributed by atoms with Crippen LogP contribution in [0.15, 0.2) is 41.3 Å². The van der Waals surface area contributed by atoms with Gasteiger partial charge in [-0.3, -0.25) is 0 Å². The summed E-state index contributed by atoms with van der Waals surface area (Å²) in [6.07, 6.45) is 1.42. The highest BCUT2D eigenvalue weighted by molar-refractivity contribution is 7.89. The summed E-state index contributed by atoms with van der Waals surface area (Å²) in [5, 5.41) is 12.1. The van der Waals surface area contributed by atoms with Gasteiger partial charge in [-0.1, -0.05) is 18.8 Å². The molecular weight excluding hydrogens is 516 g/mol. The molecule has 2 aromatic carbocycles. The van der Waals surface area contributed by atoms with E-state index >= 15 is 0 Å². The maximum Gasteiger partial charge on any atom is 0.321 e. The van der Waals surface area contributed by atoms with Crippen LogP contribution in [-0.2, 0) is 10.0 Å². The molecule has 204 valence electrons. The minimum absolute atomic E-state index is 0.0166. The highest BCUT2D eigenvalue weighted by Gasteiger charge is 2.38. The smallest absolute Gasteiger partial charge is 0.321 e. The van der Waals surface area contributed by atoms with Gasteiger partial charge in [0.05, 0.1) is 18.8 Å². The average molecular weight is 548 g/mol. The van der Waals surface area contributed by atoms with Crippen LogP contribution >= 0.6 is 0 Å². The molecule has 0 aromatic heterocycles. The normalized spacial score (nSPS) is 21.5. The van der Waals surface area contributed by atoms with Gasteiger partial charge in [-0.2, -0.15) is 4.31 Å². The van der Waals surface area contributed by atoms with Gasteiger partial charge in [-0.25, -0.2) is 22.0 Å². The zero-order valence-electron chi connectivity index (χ0n) is 21.4. The van der Waals surface area contributed by atoms with E-state index in [0.29, 0.717) is 11.5 Å². The number of carbonyl (C=O) groups excluding carboxylic acids is 1. The fraction of sp³-hybridized carbons (Fsp3) is 0.444. The lowest BCUT2D eigenvalue weighted by atomic mass is 10.0. The zero-order chi connectivity index (χ0) is 27.6. The number of nitrogens with zero attached hydrogens (tertiary/aromatic N) is 2. The van der Waals surface area contributed by atoms with Crippen LogP contribution in [0.4, 0.5) is 19.3 Å². The molecule has 1 aliphatic heterocycles. The number of amides is 2. The third kappa shape index (κ3) is 6.26. The first-order valence-electron chi connectivity index (χ1n) is 12.4. The molecule has 1 saturated carbocycles. The van der Waals surface area contributed by atoms with Gasteiger partial charge < -0.3 is 20.1 Å². The van der Waals surface area contributed by atoms with E-state index in [4.69, 9.17) is 4.74 Å². The number of urea groups is 1. The van der Waals surface area contributed by atoms with E-state index in [-0.39, 0.29) is 36.0 Å². The summed E-state index contributed by atoms with van der Waals surface area (Å²) in [6.45, 7) is 3.08. The van der Waals surface area contributed by atoms with Crippen molar-refractivity contribution < 1.29 is 31.8 Å². The topological polar surface area (TPSA) is 99.2 Å². The Hall–Kier alpha value is -3.20. The molecule has 0 saturated heterocycles.